The number of aliphatic hydroxyl groups excluding tert-OH is 1. The van der Waals surface area contributed by atoms with E-state index in [1.807, 2.05) is 6.07 Å². The molecule has 1 fully saturated rings. The Labute approximate surface area is 134 Å². The van der Waals surface area contributed by atoms with Crippen molar-refractivity contribution in [1.29, 1.82) is 0 Å². The van der Waals surface area contributed by atoms with Gasteiger partial charge in [0, 0.05) is 5.41 Å². The normalized spacial score (nSPS) is 33.4. The lowest BCUT2D eigenvalue weighted by Gasteiger charge is -2.56. The quantitative estimate of drug-likeness (QED) is 0.801. The fraction of sp³-hybridized carbons (Fsp3) is 0.700. The molecule has 3 rings (SSSR count). The Morgan fingerprint density at radius 1 is 1.14 bits per heavy atom. The molecule has 2 heteroatoms. The predicted molar refractivity (Wildman–Crippen MR) is 90.4 cm³/mol. The van der Waals surface area contributed by atoms with Crippen LogP contribution in [0.2, 0.25) is 0 Å². The zero-order valence-corrected chi connectivity index (χ0v) is 14.6. The molecule has 2 aliphatic rings. The fourth-order valence-electron chi connectivity index (χ4n) is 5.44. The van der Waals surface area contributed by atoms with Gasteiger partial charge in [0.2, 0.25) is 0 Å². The van der Waals surface area contributed by atoms with Crippen LogP contribution in [0.3, 0.4) is 0 Å². The van der Waals surface area contributed by atoms with E-state index in [2.05, 4.69) is 40.7 Å². The van der Waals surface area contributed by atoms with Crippen molar-refractivity contribution < 1.29 is 10.2 Å². The second-order valence-electron chi connectivity index (χ2n) is 8.60. The molecule has 3 unspecified atom stereocenters. The Balaban J connectivity index is 2.22. The number of phenols is 1. The van der Waals surface area contributed by atoms with E-state index in [0.717, 1.165) is 31.2 Å². The molecule has 0 saturated heterocycles. The molecule has 0 bridgehead atoms. The maximum atomic E-state index is 10.9. The van der Waals surface area contributed by atoms with Gasteiger partial charge in [0.15, 0.2) is 0 Å². The topological polar surface area (TPSA) is 40.5 Å². The second kappa shape index (κ2) is 4.99. The van der Waals surface area contributed by atoms with Crippen LogP contribution >= 0.6 is 0 Å². The van der Waals surface area contributed by atoms with E-state index in [-0.39, 0.29) is 16.9 Å². The molecule has 2 N–H and O–H groups in total. The third-order valence-electron chi connectivity index (χ3n) is 6.60. The van der Waals surface area contributed by atoms with Crippen LogP contribution in [-0.2, 0) is 11.8 Å². The van der Waals surface area contributed by atoms with E-state index >= 15 is 0 Å². The van der Waals surface area contributed by atoms with Crippen LogP contribution in [0.4, 0.5) is 0 Å². The lowest BCUT2D eigenvalue weighted by molar-refractivity contribution is -0.0592. The van der Waals surface area contributed by atoms with Gasteiger partial charge in [0.05, 0.1) is 6.10 Å². The minimum absolute atomic E-state index is 0.188. The largest absolute Gasteiger partial charge is 0.508 e. The number of phenolic OH excluding ortho intramolecular Hbond substituents is 1. The first-order valence-electron chi connectivity index (χ1n) is 8.73. The van der Waals surface area contributed by atoms with Gasteiger partial charge >= 0.3 is 0 Å². The first kappa shape index (κ1) is 15.9. The van der Waals surface area contributed by atoms with Crippen molar-refractivity contribution in [3.8, 4) is 5.75 Å². The highest BCUT2D eigenvalue weighted by Crippen LogP contribution is 2.58. The zero-order valence-electron chi connectivity index (χ0n) is 14.6. The predicted octanol–water partition coefficient (Wildman–Crippen LogP) is 4.52. The van der Waals surface area contributed by atoms with E-state index in [9.17, 15) is 10.2 Å². The van der Waals surface area contributed by atoms with Gasteiger partial charge in [-0.15, -0.1) is 0 Å². The Morgan fingerprint density at radius 3 is 2.45 bits per heavy atom. The van der Waals surface area contributed by atoms with Gasteiger partial charge in [-0.3, -0.25) is 0 Å². The molecule has 22 heavy (non-hydrogen) atoms. The average Bonchev–Trinajstić information content (AvgIpc) is 2.42. The standard InChI is InChI=1S/C20H30O2/c1-12(2)18-13-6-9-16-19(3,4)11-10-17(22)20(16,5)14(13)7-8-15(18)21/h7-8,12,16-17,21-22H,6,9-11H2,1-5H3. The number of aromatic hydroxyl groups is 1. The molecule has 1 aromatic carbocycles. The lowest BCUT2D eigenvalue weighted by Crippen LogP contribution is -2.55. The molecule has 0 heterocycles. The van der Waals surface area contributed by atoms with Crippen LogP contribution in [0, 0.1) is 11.3 Å². The number of rotatable bonds is 1. The third-order valence-corrected chi connectivity index (χ3v) is 6.60. The molecule has 1 aromatic rings. The zero-order chi connectivity index (χ0) is 16.3. The van der Waals surface area contributed by atoms with Gasteiger partial charge in [0.25, 0.3) is 0 Å². The number of benzene rings is 1. The SMILES string of the molecule is CC(C)c1c(O)ccc2c1CCC1C(C)(C)CCC(O)C21C. The van der Waals surface area contributed by atoms with E-state index in [0.29, 0.717) is 17.6 Å². The first-order valence-corrected chi connectivity index (χ1v) is 8.73. The molecule has 0 aromatic heterocycles. The highest BCUT2D eigenvalue weighted by molar-refractivity contribution is 5.51. The van der Waals surface area contributed by atoms with Crippen molar-refractivity contribution in [2.24, 2.45) is 11.3 Å². The van der Waals surface area contributed by atoms with E-state index < -0.39 is 0 Å². The Hall–Kier alpha value is -1.02. The third kappa shape index (κ3) is 2.03. The Bertz CT molecular complexity index is 588. The molecule has 1 saturated carbocycles. The summed E-state index contributed by atoms with van der Waals surface area (Å²) >= 11 is 0. The van der Waals surface area contributed by atoms with Crippen molar-refractivity contribution in [1.82, 2.24) is 0 Å². The maximum absolute atomic E-state index is 10.9. The monoisotopic (exact) mass is 302 g/mol. The molecule has 0 aliphatic heterocycles. The number of hydrogen-bond donors (Lipinski definition) is 2. The van der Waals surface area contributed by atoms with Gasteiger partial charge in [0.1, 0.15) is 5.75 Å². The molecule has 2 aliphatic carbocycles. The van der Waals surface area contributed by atoms with Gasteiger partial charge < -0.3 is 10.2 Å². The van der Waals surface area contributed by atoms with Gasteiger partial charge in [-0.05, 0) is 65.7 Å². The summed E-state index contributed by atoms with van der Waals surface area (Å²) in [5.74, 6) is 1.23. The van der Waals surface area contributed by atoms with E-state index in [1.165, 1.54) is 11.1 Å². The minimum Gasteiger partial charge on any atom is -0.508 e. The first-order chi connectivity index (χ1) is 10.2. The summed E-state index contributed by atoms with van der Waals surface area (Å²) in [6.07, 6.45) is 3.81. The van der Waals surface area contributed by atoms with Gasteiger partial charge in [-0.25, -0.2) is 0 Å². The highest BCUT2D eigenvalue weighted by atomic mass is 16.3. The lowest BCUT2D eigenvalue weighted by atomic mass is 9.49. The second-order valence-corrected chi connectivity index (χ2v) is 8.60. The summed E-state index contributed by atoms with van der Waals surface area (Å²) in [7, 11) is 0. The summed E-state index contributed by atoms with van der Waals surface area (Å²) in [5.41, 5.74) is 3.75. The molecule has 122 valence electrons. The Kier molecular flexibility index (Phi) is 3.60. The molecule has 3 atom stereocenters. The minimum atomic E-state index is -0.283. The summed E-state index contributed by atoms with van der Waals surface area (Å²) in [6, 6.07) is 3.92. The van der Waals surface area contributed by atoms with Crippen molar-refractivity contribution >= 4 is 0 Å². The summed E-state index contributed by atoms with van der Waals surface area (Å²) < 4.78 is 0. The van der Waals surface area contributed by atoms with E-state index in [1.54, 1.807) is 0 Å². The van der Waals surface area contributed by atoms with Crippen LogP contribution in [0.1, 0.15) is 76.5 Å². The smallest absolute Gasteiger partial charge is 0.119 e. The van der Waals surface area contributed by atoms with Crippen LogP contribution < -0.4 is 0 Å². The number of aliphatic hydroxyl groups is 1. The summed E-state index contributed by atoms with van der Waals surface area (Å²) in [4.78, 5) is 0. The fourth-order valence-corrected chi connectivity index (χ4v) is 5.44. The molecular formula is C20H30O2. The number of fused-ring (bicyclic) bond motifs is 3. The number of hydrogen-bond acceptors (Lipinski definition) is 2. The van der Waals surface area contributed by atoms with Gasteiger partial charge in [-0.1, -0.05) is 40.7 Å². The molecule has 0 spiro atoms. The highest BCUT2D eigenvalue weighted by Gasteiger charge is 2.54. The summed E-state index contributed by atoms with van der Waals surface area (Å²) in [5, 5.41) is 21.2. The van der Waals surface area contributed by atoms with E-state index in [4.69, 9.17) is 0 Å². The van der Waals surface area contributed by atoms with Crippen LogP contribution in [0.15, 0.2) is 12.1 Å². The van der Waals surface area contributed by atoms with Crippen molar-refractivity contribution in [2.45, 2.75) is 77.7 Å². The van der Waals surface area contributed by atoms with Crippen molar-refractivity contribution in [3.63, 3.8) is 0 Å². The molecule has 0 amide bonds. The van der Waals surface area contributed by atoms with Crippen molar-refractivity contribution in [3.05, 3.63) is 28.8 Å². The van der Waals surface area contributed by atoms with Crippen molar-refractivity contribution in [2.75, 3.05) is 0 Å². The molecule has 2 nitrogen and oxygen atoms in total. The average molecular weight is 302 g/mol. The van der Waals surface area contributed by atoms with Crippen LogP contribution in [-0.4, -0.2) is 16.3 Å². The Morgan fingerprint density at radius 2 is 1.82 bits per heavy atom. The molecule has 0 radical (unpaired) electrons. The molecular weight excluding hydrogens is 272 g/mol. The maximum Gasteiger partial charge on any atom is 0.119 e. The van der Waals surface area contributed by atoms with Gasteiger partial charge in [-0.2, -0.15) is 0 Å². The van der Waals surface area contributed by atoms with Crippen LogP contribution in [0.5, 0.6) is 5.75 Å². The summed E-state index contributed by atoms with van der Waals surface area (Å²) in [6.45, 7) is 11.3. The van der Waals surface area contributed by atoms with Crippen LogP contribution in [0.25, 0.3) is 0 Å².